The van der Waals surface area contributed by atoms with Gasteiger partial charge in [0.2, 0.25) is 0 Å². The summed E-state index contributed by atoms with van der Waals surface area (Å²) in [6.45, 7) is 4.30. The first-order valence-electron chi connectivity index (χ1n) is 7.38. The van der Waals surface area contributed by atoms with Crippen LogP contribution in [0.25, 0.3) is 0 Å². The molecule has 8 nitrogen and oxygen atoms in total. The quantitative estimate of drug-likeness (QED) is 0.587. The maximum Gasteiger partial charge on any atom is 0.328 e. The molecule has 0 aromatic heterocycles. The van der Waals surface area contributed by atoms with Crippen molar-refractivity contribution in [2.24, 2.45) is 5.16 Å². The van der Waals surface area contributed by atoms with E-state index in [1.54, 1.807) is 7.11 Å². The first-order chi connectivity index (χ1) is 10.8. The van der Waals surface area contributed by atoms with E-state index >= 15 is 0 Å². The van der Waals surface area contributed by atoms with E-state index in [0.29, 0.717) is 12.2 Å². The first kappa shape index (κ1) is 19.1. The topological polar surface area (TPSA) is 109 Å². The van der Waals surface area contributed by atoms with Crippen LogP contribution in [0.15, 0.2) is 17.3 Å². The number of hydrogen-bond donors (Lipinski definition) is 2. The molecule has 2 aliphatic rings. The SMILES string of the molecule is CO/N=C1\CC2(CCN(C)CC2)OC1C.O=C(O)/C=C\C(=O)O. The van der Waals surface area contributed by atoms with Crippen LogP contribution in [0.3, 0.4) is 0 Å². The molecule has 2 rings (SSSR count). The van der Waals surface area contributed by atoms with E-state index in [-0.39, 0.29) is 11.7 Å². The van der Waals surface area contributed by atoms with Gasteiger partial charge in [-0.25, -0.2) is 9.59 Å². The minimum Gasteiger partial charge on any atom is -0.478 e. The number of nitrogens with zero attached hydrogens (tertiary/aromatic N) is 2. The van der Waals surface area contributed by atoms with E-state index in [9.17, 15) is 9.59 Å². The number of carboxylic acids is 2. The number of piperidine rings is 1. The Hall–Kier alpha value is -1.93. The first-order valence-corrected chi connectivity index (χ1v) is 7.38. The summed E-state index contributed by atoms with van der Waals surface area (Å²) in [5.74, 6) is -2.51. The number of carboxylic acid groups (broad SMARTS) is 2. The largest absolute Gasteiger partial charge is 0.478 e. The Kier molecular flexibility index (Phi) is 7.18. The maximum absolute atomic E-state index is 9.55. The molecule has 0 radical (unpaired) electrons. The highest BCUT2D eigenvalue weighted by molar-refractivity contribution is 5.90. The summed E-state index contributed by atoms with van der Waals surface area (Å²) in [7, 11) is 3.76. The number of aliphatic carboxylic acids is 2. The number of oxime groups is 1. The van der Waals surface area contributed by atoms with Gasteiger partial charge in [-0.2, -0.15) is 0 Å². The molecule has 1 unspecified atom stereocenters. The molecular formula is C15H24N2O6. The molecule has 1 atom stereocenters. The fourth-order valence-corrected chi connectivity index (χ4v) is 2.65. The number of carbonyl (C=O) groups is 2. The molecule has 2 N–H and O–H groups in total. The van der Waals surface area contributed by atoms with Gasteiger partial charge in [-0.1, -0.05) is 5.16 Å². The summed E-state index contributed by atoms with van der Waals surface area (Å²) in [6, 6.07) is 0. The van der Waals surface area contributed by atoms with Gasteiger partial charge in [-0.3, -0.25) is 0 Å². The monoisotopic (exact) mass is 328 g/mol. The zero-order valence-electron chi connectivity index (χ0n) is 13.7. The van der Waals surface area contributed by atoms with Crippen molar-refractivity contribution in [3.63, 3.8) is 0 Å². The van der Waals surface area contributed by atoms with Gasteiger partial charge in [0.1, 0.15) is 7.11 Å². The Morgan fingerprint density at radius 2 is 1.83 bits per heavy atom. The summed E-state index contributed by atoms with van der Waals surface area (Å²) < 4.78 is 6.07. The fourth-order valence-electron chi connectivity index (χ4n) is 2.65. The van der Waals surface area contributed by atoms with E-state index in [1.165, 1.54) is 0 Å². The van der Waals surface area contributed by atoms with Crippen molar-refractivity contribution in [2.45, 2.75) is 37.9 Å². The summed E-state index contributed by atoms with van der Waals surface area (Å²) in [5.41, 5.74) is 1.10. The number of likely N-dealkylation sites (tertiary alicyclic amines) is 1. The van der Waals surface area contributed by atoms with Crippen molar-refractivity contribution in [1.29, 1.82) is 0 Å². The summed E-state index contributed by atoms with van der Waals surface area (Å²) >= 11 is 0. The minimum atomic E-state index is -1.26. The highest BCUT2D eigenvalue weighted by Gasteiger charge is 2.44. The van der Waals surface area contributed by atoms with Gasteiger partial charge in [0.15, 0.2) is 0 Å². The average Bonchev–Trinajstić information content (AvgIpc) is 2.78. The Bertz CT molecular complexity index is 464. The second kappa shape index (κ2) is 8.64. The highest BCUT2D eigenvalue weighted by atomic mass is 16.6. The molecule has 0 aromatic carbocycles. The van der Waals surface area contributed by atoms with Crippen LogP contribution in [0.4, 0.5) is 0 Å². The number of rotatable bonds is 3. The molecule has 23 heavy (non-hydrogen) atoms. The molecule has 1 spiro atoms. The average molecular weight is 328 g/mol. The molecule has 2 saturated heterocycles. The zero-order valence-corrected chi connectivity index (χ0v) is 13.7. The minimum absolute atomic E-state index is 0.0449. The van der Waals surface area contributed by atoms with Crippen LogP contribution in [0, 0.1) is 0 Å². The zero-order chi connectivity index (χ0) is 17.5. The third-order valence-electron chi connectivity index (χ3n) is 3.87. The van der Waals surface area contributed by atoms with E-state index in [2.05, 4.69) is 24.0 Å². The Labute approximate surface area is 135 Å². The van der Waals surface area contributed by atoms with Gasteiger partial charge in [-0.15, -0.1) is 0 Å². The van der Waals surface area contributed by atoms with E-state index in [0.717, 1.165) is 38.1 Å². The van der Waals surface area contributed by atoms with Crippen LogP contribution >= 0.6 is 0 Å². The molecule has 8 heteroatoms. The molecule has 2 aliphatic heterocycles. The third-order valence-corrected chi connectivity index (χ3v) is 3.87. The standard InChI is InChI=1S/C11H20N2O2.C4H4O4/c1-9-10(12-14-3)8-11(15-9)4-6-13(2)7-5-11;5-3(6)1-2-4(7)8/h9H,4-8H2,1-3H3;1-2H,(H,5,6)(H,7,8)/b12-10+;2-1-. The maximum atomic E-state index is 9.55. The Morgan fingerprint density at radius 3 is 2.26 bits per heavy atom. The molecule has 0 aliphatic carbocycles. The fraction of sp³-hybridized carbons (Fsp3) is 0.667. The van der Waals surface area contributed by atoms with Crippen molar-refractivity contribution in [3.05, 3.63) is 12.2 Å². The third kappa shape index (κ3) is 6.37. The van der Waals surface area contributed by atoms with Gasteiger partial charge in [-0.05, 0) is 26.8 Å². The molecule has 130 valence electrons. The molecule has 0 aromatic rings. The van der Waals surface area contributed by atoms with Gasteiger partial charge < -0.3 is 24.7 Å². The highest BCUT2D eigenvalue weighted by Crippen LogP contribution is 2.37. The molecule has 2 heterocycles. The predicted molar refractivity (Wildman–Crippen MR) is 83.5 cm³/mol. The number of ether oxygens (including phenoxy) is 1. The van der Waals surface area contributed by atoms with Gasteiger partial charge in [0.05, 0.1) is 17.4 Å². The Morgan fingerprint density at radius 1 is 1.30 bits per heavy atom. The van der Waals surface area contributed by atoms with Gasteiger partial charge >= 0.3 is 11.9 Å². The van der Waals surface area contributed by atoms with E-state index < -0.39 is 11.9 Å². The lowest BCUT2D eigenvalue weighted by Gasteiger charge is -2.36. The second-order valence-electron chi connectivity index (χ2n) is 5.70. The van der Waals surface area contributed by atoms with Gasteiger partial charge in [0.25, 0.3) is 0 Å². The predicted octanol–water partition coefficient (Wildman–Crippen LogP) is 0.974. The van der Waals surface area contributed by atoms with Crippen LogP contribution in [0.2, 0.25) is 0 Å². The van der Waals surface area contributed by atoms with Crippen LogP contribution < -0.4 is 0 Å². The van der Waals surface area contributed by atoms with Crippen molar-refractivity contribution < 1.29 is 29.4 Å². The van der Waals surface area contributed by atoms with Crippen molar-refractivity contribution >= 4 is 17.7 Å². The normalized spacial score (nSPS) is 25.3. The number of hydrogen-bond acceptors (Lipinski definition) is 6. The van der Waals surface area contributed by atoms with E-state index in [4.69, 9.17) is 19.8 Å². The van der Waals surface area contributed by atoms with Crippen molar-refractivity contribution in [2.75, 3.05) is 27.2 Å². The molecule has 0 bridgehead atoms. The lowest BCUT2D eigenvalue weighted by Crippen LogP contribution is -2.42. The molecule has 0 saturated carbocycles. The molecule has 2 fully saturated rings. The summed E-state index contributed by atoms with van der Waals surface area (Å²) in [5, 5.41) is 19.7. The Balaban J connectivity index is 0.000000284. The lowest BCUT2D eigenvalue weighted by atomic mass is 9.88. The van der Waals surface area contributed by atoms with Crippen LogP contribution in [0.5, 0.6) is 0 Å². The van der Waals surface area contributed by atoms with Crippen LogP contribution in [-0.4, -0.2) is 71.7 Å². The lowest BCUT2D eigenvalue weighted by molar-refractivity contribution is -0.134. The summed E-state index contributed by atoms with van der Waals surface area (Å²) in [6.07, 6.45) is 4.39. The van der Waals surface area contributed by atoms with Crippen LogP contribution in [0.1, 0.15) is 26.2 Å². The molecular weight excluding hydrogens is 304 g/mol. The van der Waals surface area contributed by atoms with Crippen molar-refractivity contribution in [3.8, 4) is 0 Å². The van der Waals surface area contributed by atoms with Crippen LogP contribution in [-0.2, 0) is 19.2 Å². The second-order valence-corrected chi connectivity index (χ2v) is 5.70. The molecule has 0 amide bonds. The summed E-state index contributed by atoms with van der Waals surface area (Å²) in [4.78, 5) is 26.3. The van der Waals surface area contributed by atoms with Crippen molar-refractivity contribution in [1.82, 2.24) is 4.90 Å². The van der Waals surface area contributed by atoms with Gasteiger partial charge in [0, 0.05) is 31.7 Å². The smallest absolute Gasteiger partial charge is 0.328 e. The van der Waals surface area contributed by atoms with E-state index in [1.807, 2.05) is 0 Å².